The number of ether oxygens (including phenoxy) is 1. The lowest BCUT2D eigenvalue weighted by molar-refractivity contribution is 0.404. The topological polar surface area (TPSA) is 39.9 Å². The monoisotopic (exact) mass is 351 g/mol. The molecule has 0 aliphatic heterocycles. The van der Waals surface area contributed by atoms with Crippen molar-refractivity contribution in [3.63, 3.8) is 0 Å². The summed E-state index contributed by atoms with van der Waals surface area (Å²) in [6.07, 6.45) is 3.51. The fraction of sp³-hybridized carbons (Fsp3) is 0.500. The fourth-order valence-corrected chi connectivity index (χ4v) is 2.93. The molecule has 2 aromatic rings. The Hall–Kier alpha value is -1.36. The van der Waals surface area contributed by atoms with Crippen molar-refractivity contribution >= 4 is 15.9 Å². The van der Waals surface area contributed by atoms with Crippen LogP contribution in [-0.2, 0) is 12.8 Å². The van der Waals surface area contributed by atoms with Gasteiger partial charge in [-0.05, 0) is 37.8 Å². The molecule has 4 nitrogen and oxygen atoms in total. The maximum absolute atomic E-state index is 5.44. The smallest absolute Gasteiger partial charge is 0.138 e. The van der Waals surface area contributed by atoms with Gasteiger partial charge < -0.3 is 4.74 Å². The first kappa shape index (κ1) is 16.0. The van der Waals surface area contributed by atoms with E-state index in [1.807, 2.05) is 16.8 Å². The van der Waals surface area contributed by atoms with Gasteiger partial charge in [-0.2, -0.15) is 5.10 Å². The molecule has 0 aliphatic carbocycles. The number of hydrogen-bond donors (Lipinski definition) is 0. The zero-order chi connectivity index (χ0) is 15.2. The minimum absolute atomic E-state index is 0.338. The van der Waals surface area contributed by atoms with Crippen LogP contribution in [0.1, 0.15) is 31.3 Å². The van der Waals surface area contributed by atoms with Crippen molar-refractivity contribution in [2.75, 3.05) is 12.4 Å². The van der Waals surface area contributed by atoms with Gasteiger partial charge in [0, 0.05) is 17.8 Å². The highest BCUT2D eigenvalue weighted by atomic mass is 79.9. The van der Waals surface area contributed by atoms with Gasteiger partial charge in [-0.25, -0.2) is 9.67 Å². The van der Waals surface area contributed by atoms with Crippen molar-refractivity contribution in [3.05, 3.63) is 42.0 Å². The van der Waals surface area contributed by atoms with Crippen molar-refractivity contribution in [1.29, 1.82) is 0 Å². The van der Waals surface area contributed by atoms with E-state index in [9.17, 15) is 0 Å². The predicted octanol–water partition coefficient (Wildman–Crippen LogP) is 3.66. The quantitative estimate of drug-likeness (QED) is 0.714. The minimum atomic E-state index is 0.338. The summed E-state index contributed by atoms with van der Waals surface area (Å²) in [6, 6.07) is 8.53. The van der Waals surface area contributed by atoms with Crippen LogP contribution in [0.4, 0.5) is 0 Å². The van der Waals surface area contributed by atoms with E-state index in [2.05, 4.69) is 52.0 Å². The van der Waals surface area contributed by atoms with E-state index in [4.69, 9.17) is 4.74 Å². The summed E-state index contributed by atoms with van der Waals surface area (Å²) in [5, 5.41) is 5.24. The van der Waals surface area contributed by atoms with E-state index in [1.54, 1.807) is 13.4 Å². The van der Waals surface area contributed by atoms with Crippen molar-refractivity contribution < 1.29 is 4.74 Å². The summed E-state index contributed by atoms with van der Waals surface area (Å²) < 4.78 is 7.44. The Morgan fingerprint density at radius 3 is 2.67 bits per heavy atom. The lowest BCUT2D eigenvalue weighted by Gasteiger charge is -2.17. The highest BCUT2D eigenvalue weighted by Crippen LogP contribution is 2.24. The highest BCUT2D eigenvalue weighted by molar-refractivity contribution is 9.09. The van der Waals surface area contributed by atoms with Gasteiger partial charge in [-0.1, -0.05) is 34.1 Å². The first-order valence-electron chi connectivity index (χ1n) is 7.22. The Bertz CT molecular complexity index is 568. The summed E-state index contributed by atoms with van der Waals surface area (Å²) in [7, 11) is 1.72. The molecule has 0 spiro atoms. The van der Waals surface area contributed by atoms with Gasteiger partial charge in [0.15, 0.2) is 0 Å². The molecule has 5 heteroatoms. The lowest BCUT2D eigenvalue weighted by atomic mass is 9.97. The van der Waals surface area contributed by atoms with Crippen LogP contribution in [-0.4, -0.2) is 27.2 Å². The SMILES string of the molecule is COc1ccccc1CC(CBr)Cc1ncnn1C(C)C. The third kappa shape index (κ3) is 4.06. The number of halogens is 1. The molecule has 1 unspecified atom stereocenters. The summed E-state index contributed by atoms with van der Waals surface area (Å²) in [4.78, 5) is 4.41. The fourth-order valence-electron chi connectivity index (χ4n) is 2.47. The molecule has 0 amide bonds. The van der Waals surface area contributed by atoms with Crippen molar-refractivity contribution in [2.24, 2.45) is 5.92 Å². The molecular weight excluding hydrogens is 330 g/mol. The predicted molar refractivity (Wildman–Crippen MR) is 88.1 cm³/mol. The van der Waals surface area contributed by atoms with E-state index in [0.717, 1.165) is 29.7 Å². The molecule has 114 valence electrons. The molecule has 0 radical (unpaired) electrons. The van der Waals surface area contributed by atoms with Crippen LogP contribution < -0.4 is 4.74 Å². The summed E-state index contributed by atoms with van der Waals surface area (Å²) in [5.41, 5.74) is 1.24. The lowest BCUT2D eigenvalue weighted by Crippen LogP contribution is -2.16. The number of para-hydroxylation sites is 1. The molecule has 0 N–H and O–H groups in total. The zero-order valence-corrected chi connectivity index (χ0v) is 14.4. The average Bonchev–Trinajstić information content (AvgIpc) is 2.95. The summed E-state index contributed by atoms with van der Waals surface area (Å²) >= 11 is 3.63. The van der Waals surface area contributed by atoms with Crippen LogP contribution >= 0.6 is 15.9 Å². The molecule has 0 saturated carbocycles. The van der Waals surface area contributed by atoms with Gasteiger partial charge in [-0.3, -0.25) is 0 Å². The Morgan fingerprint density at radius 1 is 1.24 bits per heavy atom. The van der Waals surface area contributed by atoms with Gasteiger partial charge >= 0.3 is 0 Å². The molecule has 0 aliphatic rings. The first-order valence-corrected chi connectivity index (χ1v) is 8.34. The molecular formula is C16H22BrN3O. The number of benzene rings is 1. The Balaban J connectivity index is 2.11. The second-order valence-electron chi connectivity index (χ2n) is 5.46. The number of methoxy groups -OCH3 is 1. The number of hydrogen-bond acceptors (Lipinski definition) is 3. The number of nitrogens with zero attached hydrogens (tertiary/aromatic N) is 3. The van der Waals surface area contributed by atoms with Crippen LogP contribution in [0.3, 0.4) is 0 Å². The summed E-state index contributed by atoms with van der Waals surface area (Å²) in [5.74, 6) is 2.46. The van der Waals surface area contributed by atoms with E-state index in [-0.39, 0.29) is 0 Å². The maximum atomic E-state index is 5.44. The van der Waals surface area contributed by atoms with Gasteiger partial charge in [0.25, 0.3) is 0 Å². The van der Waals surface area contributed by atoms with Crippen molar-refractivity contribution in [2.45, 2.75) is 32.7 Å². The average molecular weight is 352 g/mol. The molecule has 1 aromatic heterocycles. The van der Waals surface area contributed by atoms with Gasteiger partial charge in [0.1, 0.15) is 17.9 Å². The number of rotatable bonds is 7. The van der Waals surface area contributed by atoms with Crippen molar-refractivity contribution in [3.8, 4) is 5.75 Å². The molecule has 0 bridgehead atoms. The minimum Gasteiger partial charge on any atom is -0.496 e. The van der Waals surface area contributed by atoms with E-state index >= 15 is 0 Å². The molecule has 0 fully saturated rings. The first-order chi connectivity index (χ1) is 10.2. The second kappa shape index (κ2) is 7.59. The van der Waals surface area contributed by atoms with Crippen molar-refractivity contribution in [1.82, 2.24) is 14.8 Å². The van der Waals surface area contributed by atoms with Crippen LogP contribution in [0.15, 0.2) is 30.6 Å². The van der Waals surface area contributed by atoms with E-state index < -0.39 is 0 Å². The molecule has 1 atom stereocenters. The van der Waals surface area contributed by atoms with E-state index in [1.165, 1.54) is 5.56 Å². The van der Waals surface area contributed by atoms with Crippen LogP contribution in [0, 0.1) is 5.92 Å². The third-order valence-electron chi connectivity index (χ3n) is 3.53. The highest BCUT2D eigenvalue weighted by Gasteiger charge is 2.16. The van der Waals surface area contributed by atoms with Gasteiger partial charge in [-0.15, -0.1) is 0 Å². The van der Waals surface area contributed by atoms with Crippen LogP contribution in [0.5, 0.6) is 5.75 Å². The van der Waals surface area contributed by atoms with Crippen LogP contribution in [0.25, 0.3) is 0 Å². The summed E-state index contributed by atoms with van der Waals surface area (Å²) in [6.45, 7) is 4.25. The normalized spacial score (nSPS) is 12.6. The molecule has 21 heavy (non-hydrogen) atoms. The molecule has 2 rings (SSSR count). The molecule has 1 heterocycles. The standard InChI is InChI=1S/C16H22BrN3O/c1-12(2)20-16(18-11-19-20)9-13(10-17)8-14-6-4-5-7-15(14)21-3/h4-7,11-13H,8-10H2,1-3H3. The van der Waals surface area contributed by atoms with Gasteiger partial charge in [0.2, 0.25) is 0 Å². The second-order valence-corrected chi connectivity index (χ2v) is 6.10. The maximum Gasteiger partial charge on any atom is 0.138 e. The van der Waals surface area contributed by atoms with Crippen LogP contribution in [0.2, 0.25) is 0 Å². The Kier molecular flexibility index (Phi) is 5.79. The van der Waals surface area contributed by atoms with Gasteiger partial charge in [0.05, 0.1) is 7.11 Å². The molecule has 1 aromatic carbocycles. The Labute approximate surface area is 134 Å². The largest absolute Gasteiger partial charge is 0.496 e. The Morgan fingerprint density at radius 2 is 2.00 bits per heavy atom. The number of aromatic nitrogens is 3. The number of alkyl halides is 1. The third-order valence-corrected chi connectivity index (χ3v) is 4.44. The van der Waals surface area contributed by atoms with E-state index in [0.29, 0.717) is 12.0 Å². The molecule has 0 saturated heterocycles. The zero-order valence-electron chi connectivity index (χ0n) is 12.8.